The number of hydrogen-bond donors (Lipinski definition) is 1. The summed E-state index contributed by atoms with van der Waals surface area (Å²) in [6.45, 7) is -2.14. The molecule has 186 valence electrons. The number of fused-ring (bicyclic) bond motifs is 3. The molecule has 1 N–H and O–H groups in total. The number of carbonyl (C=O) groups is 1. The Morgan fingerprint density at radius 1 is 1.06 bits per heavy atom. The van der Waals surface area contributed by atoms with Crippen LogP contribution in [0, 0.1) is 0 Å². The molecule has 0 unspecified atom stereocenters. The number of nitrogens with zero attached hydrogens (tertiary/aromatic N) is 1. The van der Waals surface area contributed by atoms with Crippen LogP contribution in [-0.4, -0.2) is 42.7 Å². The minimum atomic E-state index is -2.90. The zero-order valence-electron chi connectivity index (χ0n) is 19.7. The number of aromatic amines is 1. The molecule has 1 aromatic heterocycles. The Morgan fingerprint density at radius 2 is 1.81 bits per heavy atom. The van der Waals surface area contributed by atoms with E-state index in [1.54, 1.807) is 24.1 Å². The highest BCUT2D eigenvalue weighted by Gasteiger charge is 2.34. The van der Waals surface area contributed by atoms with Gasteiger partial charge in [0, 0.05) is 23.1 Å². The Hall–Kier alpha value is -3.91. The van der Waals surface area contributed by atoms with E-state index in [4.69, 9.17) is 9.47 Å². The van der Waals surface area contributed by atoms with Gasteiger partial charge in [0.05, 0.1) is 19.8 Å². The molecule has 4 aromatic rings. The molecule has 2 heterocycles. The van der Waals surface area contributed by atoms with Crippen LogP contribution in [0.5, 0.6) is 11.5 Å². The molecule has 0 saturated carbocycles. The number of amides is 1. The Bertz CT molecular complexity index is 1340. The summed E-state index contributed by atoms with van der Waals surface area (Å²) in [6, 6.07) is 21.5. The van der Waals surface area contributed by atoms with Gasteiger partial charge in [-0.1, -0.05) is 42.5 Å². The second-order valence-corrected chi connectivity index (χ2v) is 8.59. The molecule has 1 amide bonds. The highest BCUT2D eigenvalue weighted by Crippen LogP contribution is 2.40. The standard InChI is InChI=1S/C28H26F2N2O4/c1-34-21-11-12-24-23(15-21)22-13-14-32(25(33)17-35-16-18-5-3-2-4-6-18)27(26(22)31-24)19-7-9-20(10-8-19)36-28(29)30/h2-12,15,27-28,31H,13-14,16-17H2,1H3/t27-/m1/s1. The third-order valence-corrected chi connectivity index (χ3v) is 6.41. The number of carbonyl (C=O) groups excluding carboxylic acids is 1. The second kappa shape index (κ2) is 10.4. The van der Waals surface area contributed by atoms with E-state index >= 15 is 0 Å². The first kappa shape index (κ1) is 23.8. The molecule has 3 aromatic carbocycles. The Morgan fingerprint density at radius 3 is 2.53 bits per heavy atom. The first-order valence-corrected chi connectivity index (χ1v) is 11.7. The number of methoxy groups -OCH3 is 1. The third kappa shape index (κ3) is 4.90. The van der Waals surface area contributed by atoms with Crippen molar-refractivity contribution in [2.45, 2.75) is 25.7 Å². The van der Waals surface area contributed by atoms with Gasteiger partial charge < -0.3 is 24.1 Å². The maximum atomic E-state index is 13.4. The summed E-state index contributed by atoms with van der Waals surface area (Å²) in [6.07, 6.45) is 0.663. The van der Waals surface area contributed by atoms with Gasteiger partial charge in [0.15, 0.2) is 0 Å². The molecule has 1 aliphatic heterocycles. The van der Waals surface area contributed by atoms with Crippen molar-refractivity contribution in [3.8, 4) is 11.5 Å². The number of nitrogens with one attached hydrogen (secondary N) is 1. The summed E-state index contributed by atoms with van der Waals surface area (Å²) >= 11 is 0. The van der Waals surface area contributed by atoms with Crippen LogP contribution in [0.25, 0.3) is 10.9 Å². The molecule has 0 radical (unpaired) electrons. The van der Waals surface area contributed by atoms with Gasteiger partial charge in [-0.05, 0) is 53.4 Å². The molecule has 0 spiro atoms. The predicted octanol–water partition coefficient (Wildman–Crippen LogP) is 5.47. The van der Waals surface area contributed by atoms with E-state index in [1.807, 2.05) is 48.5 Å². The van der Waals surface area contributed by atoms with E-state index in [0.717, 1.165) is 39.0 Å². The molecular weight excluding hydrogens is 466 g/mol. The van der Waals surface area contributed by atoms with Crippen molar-refractivity contribution < 1.29 is 27.8 Å². The minimum absolute atomic E-state index is 0.0650. The van der Waals surface area contributed by atoms with Gasteiger partial charge in [0.1, 0.15) is 18.1 Å². The van der Waals surface area contributed by atoms with Crippen LogP contribution in [0.15, 0.2) is 72.8 Å². The smallest absolute Gasteiger partial charge is 0.387 e. The number of halogens is 2. The molecule has 0 bridgehead atoms. The first-order chi connectivity index (χ1) is 17.5. The van der Waals surface area contributed by atoms with Gasteiger partial charge in [-0.3, -0.25) is 4.79 Å². The molecule has 8 heteroatoms. The van der Waals surface area contributed by atoms with Crippen molar-refractivity contribution in [3.63, 3.8) is 0 Å². The number of benzene rings is 3. The van der Waals surface area contributed by atoms with Crippen molar-refractivity contribution in [2.24, 2.45) is 0 Å². The lowest BCUT2D eigenvalue weighted by Crippen LogP contribution is -2.42. The van der Waals surface area contributed by atoms with Crippen LogP contribution in [-0.2, 0) is 22.6 Å². The predicted molar refractivity (Wildman–Crippen MR) is 131 cm³/mol. The molecule has 0 aliphatic carbocycles. The number of ether oxygens (including phenoxy) is 3. The zero-order chi connectivity index (χ0) is 25.1. The molecule has 36 heavy (non-hydrogen) atoms. The number of rotatable bonds is 8. The summed E-state index contributed by atoms with van der Waals surface area (Å²) in [4.78, 5) is 18.6. The fourth-order valence-corrected chi connectivity index (χ4v) is 4.75. The van der Waals surface area contributed by atoms with Crippen LogP contribution in [0.2, 0.25) is 0 Å². The fourth-order valence-electron chi connectivity index (χ4n) is 4.75. The number of alkyl halides is 2. The highest BCUT2D eigenvalue weighted by atomic mass is 19.3. The monoisotopic (exact) mass is 492 g/mol. The average Bonchev–Trinajstić information content (AvgIpc) is 3.26. The maximum absolute atomic E-state index is 13.4. The topological polar surface area (TPSA) is 63.8 Å². The number of H-pyrrole nitrogens is 1. The minimum Gasteiger partial charge on any atom is -0.497 e. The zero-order valence-corrected chi connectivity index (χ0v) is 19.7. The lowest BCUT2D eigenvalue weighted by molar-refractivity contribution is -0.138. The van der Waals surface area contributed by atoms with Gasteiger partial charge in [0.25, 0.3) is 0 Å². The average molecular weight is 493 g/mol. The molecule has 0 saturated heterocycles. The van der Waals surface area contributed by atoms with E-state index in [2.05, 4.69) is 9.72 Å². The van der Waals surface area contributed by atoms with Gasteiger partial charge >= 0.3 is 6.61 Å². The third-order valence-electron chi connectivity index (χ3n) is 6.41. The van der Waals surface area contributed by atoms with Crippen LogP contribution >= 0.6 is 0 Å². The van der Waals surface area contributed by atoms with Gasteiger partial charge in [0.2, 0.25) is 5.91 Å². The Kier molecular flexibility index (Phi) is 6.86. The van der Waals surface area contributed by atoms with Gasteiger partial charge in [-0.2, -0.15) is 8.78 Å². The lowest BCUT2D eigenvalue weighted by atomic mass is 9.92. The van der Waals surface area contributed by atoms with Crippen molar-refractivity contribution in [3.05, 3.63) is 95.2 Å². The molecule has 6 nitrogen and oxygen atoms in total. The fraction of sp³-hybridized carbons (Fsp3) is 0.250. The van der Waals surface area contributed by atoms with Crippen molar-refractivity contribution in [2.75, 3.05) is 20.3 Å². The number of aromatic nitrogens is 1. The van der Waals surface area contributed by atoms with Crippen LogP contribution < -0.4 is 9.47 Å². The van der Waals surface area contributed by atoms with Crippen molar-refractivity contribution >= 4 is 16.8 Å². The van der Waals surface area contributed by atoms with E-state index in [0.29, 0.717) is 19.6 Å². The lowest BCUT2D eigenvalue weighted by Gasteiger charge is -2.36. The van der Waals surface area contributed by atoms with Gasteiger partial charge in [-0.15, -0.1) is 0 Å². The Balaban J connectivity index is 1.46. The Labute approximate surface area is 207 Å². The summed E-state index contributed by atoms with van der Waals surface area (Å²) in [5, 5.41) is 1.04. The van der Waals surface area contributed by atoms with Crippen LogP contribution in [0.4, 0.5) is 8.78 Å². The van der Waals surface area contributed by atoms with Crippen LogP contribution in [0.1, 0.15) is 28.4 Å². The molecule has 1 aliphatic rings. The van der Waals surface area contributed by atoms with Crippen LogP contribution in [0.3, 0.4) is 0 Å². The summed E-state index contributed by atoms with van der Waals surface area (Å²) < 4.78 is 41.0. The van der Waals surface area contributed by atoms with E-state index < -0.39 is 12.7 Å². The van der Waals surface area contributed by atoms with E-state index in [9.17, 15) is 13.6 Å². The van der Waals surface area contributed by atoms with E-state index in [-0.39, 0.29) is 18.3 Å². The largest absolute Gasteiger partial charge is 0.497 e. The second-order valence-electron chi connectivity index (χ2n) is 8.59. The highest BCUT2D eigenvalue weighted by molar-refractivity contribution is 5.88. The van der Waals surface area contributed by atoms with Crippen molar-refractivity contribution in [1.29, 1.82) is 0 Å². The first-order valence-electron chi connectivity index (χ1n) is 11.7. The quantitative estimate of drug-likeness (QED) is 0.354. The molecular formula is C28H26F2N2O4. The van der Waals surface area contributed by atoms with Crippen molar-refractivity contribution in [1.82, 2.24) is 9.88 Å². The SMILES string of the molecule is COc1ccc2[nH]c3c(c2c1)CCN(C(=O)COCc1ccccc1)[C@@H]3c1ccc(OC(F)F)cc1. The maximum Gasteiger partial charge on any atom is 0.387 e. The number of hydrogen-bond acceptors (Lipinski definition) is 4. The summed E-state index contributed by atoms with van der Waals surface area (Å²) in [5.41, 5.74) is 4.71. The molecule has 1 atom stereocenters. The molecule has 0 fully saturated rings. The van der Waals surface area contributed by atoms with Gasteiger partial charge in [-0.25, -0.2) is 0 Å². The molecule has 5 rings (SSSR count). The summed E-state index contributed by atoms with van der Waals surface area (Å²) in [7, 11) is 1.63. The van der Waals surface area contributed by atoms with E-state index in [1.165, 1.54) is 12.1 Å². The normalized spacial score (nSPS) is 15.2. The summed E-state index contributed by atoms with van der Waals surface area (Å²) in [5.74, 6) is 0.670.